The fourth-order valence-corrected chi connectivity index (χ4v) is 4.37. The van der Waals surface area contributed by atoms with Crippen molar-refractivity contribution in [2.45, 2.75) is 47.0 Å². The van der Waals surface area contributed by atoms with Gasteiger partial charge in [-0.1, -0.05) is 61.7 Å². The molecule has 0 bridgehead atoms. The Hall–Kier alpha value is -4.30. The molecule has 0 radical (unpaired) electrons. The standard InChI is InChI=1S/C15H14ClN5.C10H14.C7H10N2O/c1-9-10(4-3-7-18-9)15(17-2)20-13-6-5-12-11(14(13)16)8-19-21-12;1-3-5-10-7-4-6-9(2)8-10;1-3-7(10)6-4-8-9(2)5-6/h3-8H,1-2H3,(H,17,20)(H,19,21);4,6-8H,3,5H2,1-2H3;4-5H,3H2,1-2H3. The second kappa shape index (κ2) is 15.5. The van der Waals surface area contributed by atoms with Gasteiger partial charge in [-0.2, -0.15) is 10.2 Å². The Balaban J connectivity index is 0.000000193. The molecule has 2 N–H and O–H groups in total. The minimum absolute atomic E-state index is 0.146. The van der Waals surface area contributed by atoms with Crippen molar-refractivity contribution in [3.8, 4) is 0 Å². The van der Waals surface area contributed by atoms with Crippen molar-refractivity contribution in [3.63, 3.8) is 0 Å². The highest BCUT2D eigenvalue weighted by Gasteiger charge is 2.12. The van der Waals surface area contributed by atoms with Crippen molar-refractivity contribution >= 4 is 39.8 Å². The van der Waals surface area contributed by atoms with Crippen molar-refractivity contribution in [1.82, 2.24) is 25.0 Å². The summed E-state index contributed by atoms with van der Waals surface area (Å²) in [7, 11) is 3.53. The number of halogens is 1. The lowest BCUT2D eigenvalue weighted by atomic mass is 10.1. The smallest absolute Gasteiger partial charge is 0.165 e. The molecule has 3 aromatic heterocycles. The number of Topliss-reactive ketones (excluding diaryl/α,β-unsaturated/α-hetero) is 1. The van der Waals surface area contributed by atoms with Crippen LogP contribution >= 0.6 is 11.6 Å². The van der Waals surface area contributed by atoms with Gasteiger partial charge in [0.15, 0.2) is 5.78 Å². The summed E-state index contributed by atoms with van der Waals surface area (Å²) in [5.74, 6) is 0.874. The number of carbonyl (C=O) groups is 1. The molecule has 3 heterocycles. The summed E-state index contributed by atoms with van der Waals surface area (Å²) in [5, 5.41) is 15.5. The van der Waals surface area contributed by atoms with Crippen molar-refractivity contribution in [3.05, 3.63) is 106 Å². The van der Waals surface area contributed by atoms with Gasteiger partial charge in [0.05, 0.1) is 34.2 Å². The fourth-order valence-electron chi connectivity index (χ4n) is 4.11. The highest BCUT2D eigenvalue weighted by Crippen LogP contribution is 2.30. The number of benzene rings is 2. The maximum atomic E-state index is 11.0. The van der Waals surface area contributed by atoms with Gasteiger partial charge in [-0.25, -0.2) is 0 Å². The molecule has 8 nitrogen and oxygen atoms in total. The highest BCUT2D eigenvalue weighted by atomic mass is 35.5. The van der Waals surface area contributed by atoms with Crippen LogP contribution in [0.2, 0.25) is 5.02 Å². The molecule has 9 heteroatoms. The summed E-state index contributed by atoms with van der Waals surface area (Å²) in [6.45, 7) is 8.14. The van der Waals surface area contributed by atoms with Crippen LogP contribution in [0.4, 0.5) is 5.69 Å². The normalized spacial score (nSPS) is 10.9. The molecule has 5 rings (SSSR count). The van der Waals surface area contributed by atoms with Crippen molar-refractivity contribution < 1.29 is 4.79 Å². The molecule has 0 atom stereocenters. The number of amidine groups is 1. The van der Waals surface area contributed by atoms with E-state index in [1.54, 1.807) is 43.6 Å². The van der Waals surface area contributed by atoms with Crippen LogP contribution in [0.1, 0.15) is 59.4 Å². The molecular formula is C32H38ClN7O. The van der Waals surface area contributed by atoms with Gasteiger partial charge >= 0.3 is 0 Å². The molecule has 0 aliphatic rings. The van der Waals surface area contributed by atoms with E-state index >= 15 is 0 Å². The molecule has 2 aromatic carbocycles. The van der Waals surface area contributed by atoms with E-state index < -0.39 is 0 Å². The zero-order valence-corrected chi connectivity index (χ0v) is 25.3. The van der Waals surface area contributed by atoms with E-state index in [4.69, 9.17) is 11.6 Å². The van der Waals surface area contributed by atoms with Gasteiger partial charge in [-0.15, -0.1) is 0 Å². The fraction of sp³-hybridized carbons (Fsp3) is 0.281. The number of hydrogen-bond acceptors (Lipinski definition) is 5. The number of carbonyl (C=O) groups excluding carboxylic acids is 1. The largest absolute Gasteiger partial charge is 0.339 e. The molecule has 214 valence electrons. The van der Waals surface area contributed by atoms with E-state index in [0.29, 0.717) is 17.0 Å². The summed E-state index contributed by atoms with van der Waals surface area (Å²) in [6, 6.07) is 16.4. The molecule has 5 aromatic rings. The molecule has 0 fully saturated rings. The topological polar surface area (TPSA) is 101 Å². The summed E-state index contributed by atoms with van der Waals surface area (Å²) in [5.41, 5.74) is 7.07. The Labute approximate surface area is 246 Å². The number of nitrogens with one attached hydrogen (secondary N) is 2. The van der Waals surface area contributed by atoms with Gasteiger partial charge in [0, 0.05) is 49.6 Å². The van der Waals surface area contributed by atoms with E-state index in [2.05, 4.69) is 68.7 Å². The lowest BCUT2D eigenvalue weighted by Gasteiger charge is -2.13. The first-order chi connectivity index (χ1) is 19.8. The number of aliphatic imine (C=N–C) groups is 1. The minimum atomic E-state index is 0.146. The first-order valence-corrected chi connectivity index (χ1v) is 14.0. The van der Waals surface area contributed by atoms with Crippen LogP contribution in [0, 0.1) is 13.8 Å². The number of ketones is 1. The second-order valence-corrected chi connectivity index (χ2v) is 9.89. The predicted octanol–water partition coefficient (Wildman–Crippen LogP) is 7.37. The number of rotatable bonds is 6. The number of H-pyrrole nitrogens is 1. The van der Waals surface area contributed by atoms with Gasteiger partial charge in [0.25, 0.3) is 0 Å². The molecule has 0 unspecified atom stereocenters. The summed E-state index contributed by atoms with van der Waals surface area (Å²) in [4.78, 5) is 19.6. The predicted molar refractivity (Wildman–Crippen MR) is 169 cm³/mol. The van der Waals surface area contributed by atoms with E-state index in [1.165, 1.54) is 24.0 Å². The van der Waals surface area contributed by atoms with Gasteiger partial charge < -0.3 is 5.32 Å². The van der Waals surface area contributed by atoms with Gasteiger partial charge in [-0.05, 0) is 50.1 Å². The Morgan fingerprint density at radius 1 is 1.10 bits per heavy atom. The molecule has 0 aliphatic heterocycles. The van der Waals surface area contributed by atoms with E-state index in [9.17, 15) is 4.79 Å². The number of aromatic nitrogens is 5. The maximum absolute atomic E-state index is 11.0. The lowest BCUT2D eigenvalue weighted by Crippen LogP contribution is -2.15. The number of pyridine rings is 1. The van der Waals surface area contributed by atoms with Crippen LogP contribution in [0.3, 0.4) is 0 Å². The molecule has 0 spiro atoms. The van der Waals surface area contributed by atoms with E-state index in [1.807, 2.05) is 38.1 Å². The second-order valence-electron chi connectivity index (χ2n) is 9.51. The van der Waals surface area contributed by atoms with Crippen molar-refractivity contribution in [1.29, 1.82) is 0 Å². The van der Waals surface area contributed by atoms with Gasteiger partial charge in [-0.3, -0.25) is 24.6 Å². The number of aryl methyl sites for hydroxylation is 4. The number of nitrogens with zero attached hydrogens (tertiary/aromatic N) is 5. The summed E-state index contributed by atoms with van der Waals surface area (Å²) in [6.07, 6.45) is 9.78. The van der Waals surface area contributed by atoms with Crippen molar-refractivity contribution in [2.24, 2.45) is 12.0 Å². The third-order valence-electron chi connectivity index (χ3n) is 6.27. The minimum Gasteiger partial charge on any atom is -0.339 e. The Kier molecular flexibility index (Phi) is 11.8. The average molecular weight is 572 g/mol. The Morgan fingerprint density at radius 3 is 2.54 bits per heavy atom. The molecule has 0 saturated heterocycles. The Bertz CT molecular complexity index is 1600. The molecular weight excluding hydrogens is 534 g/mol. The van der Waals surface area contributed by atoms with E-state index in [0.717, 1.165) is 33.7 Å². The SMILES string of the molecule is CCC(=O)c1cnn(C)c1.CCCc1cccc(C)c1.CN=C(Nc1ccc2[nH]ncc2c1Cl)c1cccnc1C. The zero-order valence-electron chi connectivity index (χ0n) is 24.6. The number of hydrogen-bond donors (Lipinski definition) is 2. The lowest BCUT2D eigenvalue weighted by molar-refractivity contribution is 0.0988. The monoisotopic (exact) mass is 571 g/mol. The summed E-state index contributed by atoms with van der Waals surface area (Å²) < 4.78 is 1.63. The number of aromatic amines is 1. The molecule has 0 amide bonds. The molecule has 0 aliphatic carbocycles. The number of fused-ring (bicyclic) bond motifs is 1. The van der Waals surface area contributed by atoms with Crippen LogP contribution in [0.15, 0.2) is 78.3 Å². The van der Waals surface area contributed by atoms with Crippen LogP contribution in [0.25, 0.3) is 10.9 Å². The number of anilines is 1. The summed E-state index contributed by atoms with van der Waals surface area (Å²) >= 11 is 6.42. The van der Waals surface area contributed by atoms with Gasteiger partial charge in [0.1, 0.15) is 5.84 Å². The highest BCUT2D eigenvalue weighted by molar-refractivity contribution is 6.38. The maximum Gasteiger partial charge on any atom is 0.165 e. The third-order valence-corrected chi connectivity index (χ3v) is 6.67. The zero-order chi connectivity index (χ0) is 29.8. The average Bonchev–Trinajstić information content (AvgIpc) is 3.63. The molecule has 0 saturated carbocycles. The van der Waals surface area contributed by atoms with E-state index in [-0.39, 0.29) is 5.78 Å². The van der Waals surface area contributed by atoms with Crippen LogP contribution in [-0.2, 0) is 13.5 Å². The Morgan fingerprint density at radius 2 is 1.90 bits per heavy atom. The van der Waals surface area contributed by atoms with Gasteiger partial charge in [0.2, 0.25) is 0 Å². The quantitative estimate of drug-likeness (QED) is 0.126. The first-order valence-electron chi connectivity index (χ1n) is 13.6. The van der Waals surface area contributed by atoms with Crippen LogP contribution < -0.4 is 5.32 Å². The third kappa shape index (κ3) is 8.85. The molecule has 41 heavy (non-hydrogen) atoms. The first kappa shape index (κ1) is 31.2. The van der Waals surface area contributed by atoms with Crippen LogP contribution in [-0.4, -0.2) is 43.6 Å². The van der Waals surface area contributed by atoms with Crippen molar-refractivity contribution in [2.75, 3.05) is 12.4 Å². The van der Waals surface area contributed by atoms with Crippen LogP contribution in [0.5, 0.6) is 0 Å².